The molecule has 0 amide bonds. The Morgan fingerprint density at radius 3 is 2.92 bits per heavy atom. The fourth-order valence-electron chi connectivity index (χ4n) is 1.92. The summed E-state index contributed by atoms with van der Waals surface area (Å²) in [5, 5.41) is 3.37. The molecular formula is C10H17N3. The summed E-state index contributed by atoms with van der Waals surface area (Å²) in [5.41, 5.74) is 0. The van der Waals surface area contributed by atoms with Gasteiger partial charge in [-0.15, -0.1) is 0 Å². The number of rotatable bonds is 2. The highest BCUT2D eigenvalue weighted by molar-refractivity contribution is 5.91. The Balaban J connectivity index is 1.82. The fraction of sp³-hybridized carbons (Fsp3) is 0.800. The molecule has 1 saturated heterocycles. The molecule has 13 heavy (non-hydrogen) atoms. The number of aliphatic imine (C=N–C) groups is 2. The predicted octanol–water partition coefficient (Wildman–Crippen LogP) is 1.25. The Bertz CT molecular complexity index is 214. The first kappa shape index (κ1) is 8.88. The van der Waals surface area contributed by atoms with Gasteiger partial charge in [-0.3, -0.25) is 4.99 Å². The summed E-state index contributed by atoms with van der Waals surface area (Å²) in [6, 6.07) is 0. The smallest absolute Gasteiger partial charge is 0.123 e. The van der Waals surface area contributed by atoms with Crippen LogP contribution in [0, 0.1) is 5.92 Å². The first-order chi connectivity index (χ1) is 6.45. The minimum atomic E-state index is 0.815. The Labute approximate surface area is 79.4 Å². The van der Waals surface area contributed by atoms with Gasteiger partial charge in [0.15, 0.2) is 0 Å². The normalized spacial score (nSPS) is 24.5. The quantitative estimate of drug-likeness (QED) is 0.680. The molecule has 0 atom stereocenters. The number of hydrogen-bond donors (Lipinski definition) is 1. The maximum absolute atomic E-state index is 4.42. The highest BCUT2D eigenvalue weighted by atomic mass is 14.9. The van der Waals surface area contributed by atoms with Crippen molar-refractivity contribution in [1.82, 2.24) is 5.32 Å². The summed E-state index contributed by atoms with van der Waals surface area (Å²) in [4.78, 5) is 8.75. The van der Waals surface area contributed by atoms with E-state index in [4.69, 9.17) is 0 Å². The van der Waals surface area contributed by atoms with Crippen LogP contribution in [0.1, 0.15) is 25.7 Å². The van der Waals surface area contributed by atoms with Gasteiger partial charge in [-0.2, -0.15) is 0 Å². The van der Waals surface area contributed by atoms with Crippen LogP contribution in [0.4, 0.5) is 0 Å². The lowest BCUT2D eigenvalue weighted by molar-refractivity contribution is 0.383. The SMILES string of the molecule is C1=NC(CC2CCNCC2)=NCC1. The van der Waals surface area contributed by atoms with E-state index in [-0.39, 0.29) is 0 Å². The Morgan fingerprint density at radius 2 is 2.23 bits per heavy atom. The van der Waals surface area contributed by atoms with Gasteiger partial charge >= 0.3 is 0 Å². The highest BCUT2D eigenvalue weighted by Crippen LogP contribution is 2.17. The largest absolute Gasteiger partial charge is 0.317 e. The number of piperidine rings is 1. The molecule has 2 aliphatic rings. The van der Waals surface area contributed by atoms with Gasteiger partial charge in [0.05, 0.1) is 0 Å². The van der Waals surface area contributed by atoms with Crippen molar-refractivity contribution in [2.75, 3.05) is 19.6 Å². The topological polar surface area (TPSA) is 36.8 Å². The second kappa shape index (κ2) is 4.51. The van der Waals surface area contributed by atoms with E-state index in [1.165, 1.54) is 25.9 Å². The van der Waals surface area contributed by atoms with Gasteiger partial charge in [0.1, 0.15) is 5.84 Å². The number of nitrogens with one attached hydrogen (secondary N) is 1. The van der Waals surface area contributed by atoms with Gasteiger partial charge in [0, 0.05) is 25.6 Å². The molecule has 1 N–H and O–H groups in total. The number of amidine groups is 1. The van der Waals surface area contributed by atoms with Crippen molar-refractivity contribution in [2.45, 2.75) is 25.7 Å². The minimum Gasteiger partial charge on any atom is -0.317 e. The Morgan fingerprint density at radius 1 is 1.38 bits per heavy atom. The van der Waals surface area contributed by atoms with E-state index in [0.717, 1.165) is 31.1 Å². The molecule has 0 spiro atoms. The molecule has 0 aromatic carbocycles. The molecule has 0 radical (unpaired) electrons. The van der Waals surface area contributed by atoms with Crippen molar-refractivity contribution >= 4 is 12.1 Å². The summed E-state index contributed by atoms with van der Waals surface area (Å²) in [7, 11) is 0. The first-order valence-corrected chi connectivity index (χ1v) is 5.22. The average molecular weight is 179 g/mol. The van der Waals surface area contributed by atoms with E-state index in [2.05, 4.69) is 15.3 Å². The molecule has 0 aromatic heterocycles. The standard InChI is InChI=1S/C10H17N3/c1-4-12-10(13-5-1)8-9-2-6-11-7-3-9/h4,9,11H,1-3,5-8H2. The lowest BCUT2D eigenvalue weighted by Crippen LogP contribution is -2.28. The lowest BCUT2D eigenvalue weighted by atomic mass is 9.94. The van der Waals surface area contributed by atoms with Gasteiger partial charge in [0.2, 0.25) is 0 Å². The molecule has 0 bridgehead atoms. The summed E-state index contributed by atoms with van der Waals surface area (Å²) in [5.74, 6) is 1.90. The van der Waals surface area contributed by atoms with Crippen LogP contribution in [0.5, 0.6) is 0 Å². The summed E-state index contributed by atoms with van der Waals surface area (Å²) < 4.78 is 0. The van der Waals surface area contributed by atoms with Crippen molar-refractivity contribution in [3.05, 3.63) is 0 Å². The van der Waals surface area contributed by atoms with E-state index in [1.54, 1.807) is 0 Å². The summed E-state index contributed by atoms with van der Waals surface area (Å²) in [6.07, 6.45) is 6.69. The van der Waals surface area contributed by atoms with Crippen molar-refractivity contribution in [3.63, 3.8) is 0 Å². The van der Waals surface area contributed by atoms with Gasteiger partial charge in [-0.25, -0.2) is 4.99 Å². The molecule has 2 rings (SSSR count). The number of nitrogens with zero attached hydrogens (tertiary/aromatic N) is 2. The van der Waals surface area contributed by atoms with Crippen LogP contribution in [-0.2, 0) is 0 Å². The van der Waals surface area contributed by atoms with Crippen LogP contribution < -0.4 is 5.32 Å². The average Bonchev–Trinajstić information content (AvgIpc) is 2.21. The second-order valence-electron chi connectivity index (χ2n) is 3.80. The Hall–Kier alpha value is -0.700. The van der Waals surface area contributed by atoms with Gasteiger partial charge < -0.3 is 5.32 Å². The maximum atomic E-state index is 4.42. The molecule has 3 nitrogen and oxygen atoms in total. The van der Waals surface area contributed by atoms with Crippen molar-refractivity contribution in [3.8, 4) is 0 Å². The highest BCUT2D eigenvalue weighted by Gasteiger charge is 2.15. The molecule has 1 fully saturated rings. The van der Waals surface area contributed by atoms with Crippen LogP contribution in [0.15, 0.2) is 9.98 Å². The van der Waals surface area contributed by atoms with Crippen LogP contribution in [0.25, 0.3) is 0 Å². The van der Waals surface area contributed by atoms with E-state index in [9.17, 15) is 0 Å². The molecule has 72 valence electrons. The molecule has 2 aliphatic heterocycles. The minimum absolute atomic E-state index is 0.815. The van der Waals surface area contributed by atoms with Crippen LogP contribution >= 0.6 is 0 Å². The first-order valence-electron chi connectivity index (χ1n) is 5.22. The summed E-state index contributed by atoms with van der Waals surface area (Å²) >= 11 is 0. The zero-order chi connectivity index (χ0) is 8.93. The molecule has 0 saturated carbocycles. The van der Waals surface area contributed by atoms with Crippen LogP contribution in [0.2, 0.25) is 0 Å². The molecule has 3 heteroatoms. The predicted molar refractivity (Wildman–Crippen MR) is 55.6 cm³/mol. The second-order valence-corrected chi connectivity index (χ2v) is 3.80. The van der Waals surface area contributed by atoms with Crippen molar-refractivity contribution in [1.29, 1.82) is 0 Å². The molecule has 0 unspecified atom stereocenters. The molecular weight excluding hydrogens is 162 g/mol. The van der Waals surface area contributed by atoms with Crippen molar-refractivity contribution in [2.24, 2.45) is 15.9 Å². The van der Waals surface area contributed by atoms with E-state index >= 15 is 0 Å². The lowest BCUT2D eigenvalue weighted by Gasteiger charge is -2.22. The van der Waals surface area contributed by atoms with Gasteiger partial charge in [-0.05, 0) is 31.8 Å². The maximum Gasteiger partial charge on any atom is 0.123 e. The summed E-state index contributed by atoms with van der Waals surface area (Å²) in [6.45, 7) is 3.28. The van der Waals surface area contributed by atoms with E-state index in [1.807, 2.05) is 6.21 Å². The third-order valence-corrected chi connectivity index (χ3v) is 2.72. The Kier molecular flexibility index (Phi) is 3.08. The fourth-order valence-corrected chi connectivity index (χ4v) is 1.92. The third-order valence-electron chi connectivity index (χ3n) is 2.72. The molecule has 2 heterocycles. The third kappa shape index (κ3) is 2.62. The molecule has 0 aliphatic carbocycles. The van der Waals surface area contributed by atoms with E-state index < -0.39 is 0 Å². The molecule has 0 aromatic rings. The van der Waals surface area contributed by atoms with E-state index in [0.29, 0.717) is 0 Å². The van der Waals surface area contributed by atoms with Crippen LogP contribution in [-0.4, -0.2) is 31.7 Å². The zero-order valence-electron chi connectivity index (χ0n) is 8.00. The van der Waals surface area contributed by atoms with Crippen LogP contribution in [0.3, 0.4) is 0 Å². The zero-order valence-corrected chi connectivity index (χ0v) is 8.00. The number of hydrogen-bond acceptors (Lipinski definition) is 3. The van der Waals surface area contributed by atoms with Crippen molar-refractivity contribution < 1.29 is 0 Å². The van der Waals surface area contributed by atoms with Gasteiger partial charge in [-0.1, -0.05) is 0 Å². The van der Waals surface area contributed by atoms with Gasteiger partial charge in [0.25, 0.3) is 0 Å². The monoisotopic (exact) mass is 179 g/mol.